The van der Waals surface area contributed by atoms with Crippen molar-refractivity contribution >= 4 is 0 Å². The standard InChI is InChI=1S/C14H21NO3/c1-14(8-15-9-14)7-10-5-11(16-2)13(18-4)12(6-10)17-3/h5-6,15H,7-9H2,1-4H3. The van der Waals surface area contributed by atoms with Gasteiger partial charge in [-0.2, -0.15) is 0 Å². The number of hydrogen-bond acceptors (Lipinski definition) is 4. The summed E-state index contributed by atoms with van der Waals surface area (Å²) in [6.45, 7) is 4.40. The average Bonchev–Trinajstić information content (AvgIpc) is 2.35. The lowest BCUT2D eigenvalue weighted by Crippen LogP contribution is -2.52. The largest absolute Gasteiger partial charge is 0.493 e. The van der Waals surface area contributed by atoms with E-state index in [1.54, 1.807) is 21.3 Å². The smallest absolute Gasteiger partial charge is 0.203 e. The van der Waals surface area contributed by atoms with Crippen molar-refractivity contribution in [3.05, 3.63) is 17.7 Å². The minimum atomic E-state index is 0.338. The van der Waals surface area contributed by atoms with E-state index in [9.17, 15) is 0 Å². The van der Waals surface area contributed by atoms with Crippen molar-refractivity contribution in [2.24, 2.45) is 5.41 Å². The molecule has 18 heavy (non-hydrogen) atoms. The summed E-state index contributed by atoms with van der Waals surface area (Å²) in [7, 11) is 4.92. The lowest BCUT2D eigenvalue weighted by atomic mass is 9.78. The first-order valence-corrected chi connectivity index (χ1v) is 6.11. The fourth-order valence-electron chi connectivity index (χ4n) is 2.41. The van der Waals surface area contributed by atoms with Crippen molar-refractivity contribution in [2.45, 2.75) is 13.3 Å². The Morgan fingerprint density at radius 3 is 1.94 bits per heavy atom. The van der Waals surface area contributed by atoms with Crippen LogP contribution in [0.1, 0.15) is 12.5 Å². The van der Waals surface area contributed by atoms with Crippen molar-refractivity contribution in [1.82, 2.24) is 5.32 Å². The summed E-state index contributed by atoms with van der Waals surface area (Å²) >= 11 is 0. The third-order valence-electron chi connectivity index (χ3n) is 3.46. The SMILES string of the molecule is COc1cc(CC2(C)CNC2)cc(OC)c1OC. The summed E-state index contributed by atoms with van der Waals surface area (Å²) in [4.78, 5) is 0. The fraction of sp³-hybridized carbons (Fsp3) is 0.571. The second-order valence-corrected chi connectivity index (χ2v) is 5.12. The molecular weight excluding hydrogens is 230 g/mol. The van der Waals surface area contributed by atoms with Crippen LogP contribution in [0.25, 0.3) is 0 Å². The quantitative estimate of drug-likeness (QED) is 0.867. The third kappa shape index (κ3) is 2.38. The second-order valence-electron chi connectivity index (χ2n) is 5.12. The number of nitrogens with one attached hydrogen (secondary N) is 1. The van der Waals surface area contributed by atoms with Gasteiger partial charge in [-0.25, -0.2) is 0 Å². The normalized spacial score (nSPS) is 16.9. The molecule has 0 radical (unpaired) electrons. The highest BCUT2D eigenvalue weighted by Gasteiger charge is 2.32. The zero-order chi connectivity index (χ0) is 13.2. The molecule has 1 N–H and O–H groups in total. The maximum Gasteiger partial charge on any atom is 0.203 e. The van der Waals surface area contributed by atoms with Gasteiger partial charge in [-0.3, -0.25) is 0 Å². The van der Waals surface area contributed by atoms with Gasteiger partial charge in [0.2, 0.25) is 5.75 Å². The molecule has 0 spiro atoms. The summed E-state index contributed by atoms with van der Waals surface area (Å²) in [5.41, 5.74) is 1.55. The van der Waals surface area contributed by atoms with E-state index in [4.69, 9.17) is 14.2 Å². The van der Waals surface area contributed by atoms with E-state index in [-0.39, 0.29) is 0 Å². The van der Waals surface area contributed by atoms with Gasteiger partial charge in [0.25, 0.3) is 0 Å². The highest BCUT2D eigenvalue weighted by Crippen LogP contribution is 2.40. The van der Waals surface area contributed by atoms with Crippen LogP contribution >= 0.6 is 0 Å². The second kappa shape index (κ2) is 5.06. The number of ether oxygens (including phenoxy) is 3. The molecule has 1 aliphatic rings. The predicted octanol–water partition coefficient (Wildman–Crippen LogP) is 1.86. The van der Waals surface area contributed by atoms with Gasteiger partial charge in [-0.1, -0.05) is 6.92 Å². The Morgan fingerprint density at radius 1 is 1.06 bits per heavy atom. The van der Waals surface area contributed by atoms with Crippen molar-refractivity contribution in [2.75, 3.05) is 34.4 Å². The maximum absolute atomic E-state index is 5.36. The van der Waals surface area contributed by atoms with Crippen LogP contribution < -0.4 is 19.5 Å². The minimum Gasteiger partial charge on any atom is -0.493 e. The zero-order valence-electron chi connectivity index (χ0n) is 11.5. The molecule has 0 bridgehead atoms. The molecule has 4 nitrogen and oxygen atoms in total. The molecule has 1 fully saturated rings. The number of rotatable bonds is 5. The topological polar surface area (TPSA) is 39.7 Å². The van der Waals surface area contributed by atoms with Crippen LogP contribution in [-0.2, 0) is 6.42 Å². The summed E-state index contributed by atoms with van der Waals surface area (Å²) < 4.78 is 16.1. The third-order valence-corrected chi connectivity index (χ3v) is 3.46. The molecule has 0 atom stereocenters. The Labute approximate surface area is 108 Å². The van der Waals surface area contributed by atoms with Crippen LogP contribution in [0.2, 0.25) is 0 Å². The highest BCUT2D eigenvalue weighted by atomic mass is 16.5. The Balaban J connectivity index is 2.30. The van der Waals surface area contributed by atoms with Gasteiger partial charge < -0.3 is 19.5 Å². The monoisotopic (exact) mass is 251 g/mol. The maximum atomic E-state index is 5.36. The molecule has 0 amide bonds. The summed E-state index contributed by atoms with van der Waals surface area (Å²) in [6.07, 6.45) is 1.01. The number of methoxy groups -OCH3 is 3. The van der Waals surface area contributed by atoms with Gasteiger partial charge in [-0.15, -0.1) is 0 Å². The van der Waals surface area contributed by atoms with E-state index in [2.05, 4.69) is 12.2 Å². The van der Waals surface area contributed by atoms with E-state index < -0.39 is 0 Å². The Morgan fingerprint density at radius 2 is 1.61 bits per heavy atom. The van der Waals surface area contributed by atoms with Crippen molar-refractivity contribution in [1.29, 1.82) is 0 Å². The van der Waals surface area contributed by atoms with Gasteiger partial charge in [0, 0.05) is 13.1 Å². The van der Waals surface area contributed by atoms with Gasteiger partial charge in [-0.05, 0) is 29.5 Å². The molecule has 0 unspecified atom stereocenters. The van der Waals surface area contributed by atoms with Crippen LogP contribution in [0.4, 0.5) is 0 Å². The van der Waals surface area contributed by atoms with E-state index in [1.807, 2.05) is 12.1 Å². The molecular formula is C14H21NO3. The Kier molecular flexibility index (Phi) is 3.66. The molecule has 1 aromatic carbocycles. The Hall–Kier alpha value is -1.42. The van der Waals surface area contributed by atoms with E-state index in [0.29, 0.717) is 11.2 Å². The van der Waals surface area contributed by atoms with Gasteiger partial charge in [0.15, 0.2) is 11.5 Å². The molecule has 2 rings (SSSR count). The molecule has 1 aliphatic heterocycles. The van der Waals surface area contributed by atoms with E-state index in [0.717, 1.165) is 31.0 Å². The average molecular weight is 251 g/mol. The number of benzene rings is 1. The predicted molar refractivity (Wildman–Crippen MR) is 70.8 cm³/mol. The lowest BCUT2D eigenvalue weighted by molar-refractivity contribution is 0.195. The van der Waals surface area contributed by atoms with E-state index >= 15 is 0 Å². The van der Waals surface area contributed by atoms with Crippen LogP contribution in [-0.4, -0.2) is 34.4 Å². The van der Waals surface area contributed by atoms with Gasteiger partial charge in [0.1, 0.15) is 0 Å². The first-order chi connectivity index (χ1) is 8.61. The summed E-state index contributed by atoms with van der Waals surface area (Å²) in [5.74, 6) is 2.10. The molecule has 1 saturated heterocycles. The van der Waals surface area contributed by atoms with Crippen LogP contribution in [0.5, 0.6) is 17.2 Å². The molecule has 0 aliphatic carbocycles. The van der Waals surface area contributed by atoms with Crippen molar-refractivity contribution < 1.29 is 14.2 Å². The molecule has 0 aromatic heterocycles. The first kappa shape index (κ1) is 13.0. The van der Waals surface area contributed by atoms with E-state index in [1.165, 1.54) is 5.56 Å². The summed E-state index contributed by atoms with van der Waals surface area (Å²) in [6, 6.07) is 4.07. The van der Waals surface area contributed by atoms with Crippen LogP contribution in [0, 0.1) is 5.41 Å². The molecule has 0 saturated carbocycles. The van der Waals surface area contributed by atoms with Crippen molar-refractivity contribution in [3.63, 3.8) is 0 Å². The van der Waals surface area contributed by atoms with Crippen molar-refractivity contribution in [3.8, 4) is 17.2 Å². The summed E-state index contributed by atoms with van der Waals surface area (Å²) in [5, 5.41) is 3.31. The highest BCUT2D eigenvalue weighted by molar-refractivity contribution is 5.54. The molecule has 1 heterocycles. The molecule has 4 heteroatoms. The first-order valence-electron chi connectivity index (χ1n) is 6.11. The van der Waals surface area contributed by atoms with Gasteiger partial charge >= 0.3 is 0 Å². The number of hydrogen-bond donors (Lipinski definition) is 1. The molecule has 100 valence electrons. The Bertz CT molecular complexity index is 402. The molecule has 1 aromatic rings. The lowest BCUT2D eigenvalue weighted by Gasteiger charge is -2.39. The zero-order valence-corrected chi connectivity index (χ0v) is 11.5. The van der Waals surface area contributed by atoms with Crippen LogP contribution in [0.15, 0.2) is 12.1 Å². The van der Waals surface area contributed by atoms with Crippen LogP contribution in [0.3, 0.4) is 0 Å². The fourth-order valence-corrected chi connectivity index (χ4v) is 2.41. The van der Waals surface area contributed by atoms with Gasteiger partial charge in [0.05, 0.1) is 21.3 Å². The minimum absolute atomic E-state index is 0.338.